The number of para-hydroxylation sites is 2. The number of anilines is 2. The highest BCUT2D eigenvalue weighted by molar-refractivity contribution is 5.95. The van der Waals surface area contributed by atoms with Crippen LogP contribution in [0.3, 0.4) is 0 Å². The molecule has 1 aromatic carbocycles. The number of carbonyl (C=O) groups excluding carboxylic acids is 1. The molecule has 2 aromatic rings. The predicted molar refractivity (Wildman–Crippen MR) is 80.8 cm³/mol. The molecule has 0 atom stereocenters. The van der Waals surface area contributed by atoms with Crippen LogP contribution in [-0.4, -0.2) is 42.4 Å². The fourth-order valence-corrected chi connectivity index (χ4v) is 2.40. The van der Waals surface area contributed by atoms with Crippen molar-refractivity contribution in [2.24, 2.45) is 0 Å². The van der Waals surface area contributed by atoms with E-state index in [-0.39, 0.29) is 12.3 Å². The Hall–Kier alpha value is -2.41. The lowest BCUT2D eigenvalue weighted by atomic mass is 10.2. The summed E-state index contributed by atoms with van der Waals surface area (Å²) in [7, 11) is 0. The van der Waals surface area contributed by atoms with Crippen molar-refractivity contribution in [1.82, 2.24) is 10.1 Å². The van der Waals surface area contributed by atoms with Crippen molar-refractivity contribution in [2.75, 3.05) is 36.5 Å². The molecule has 1 fully saturated rings. The Morgan fingerprint density at radius 1 is 1.32 bits per heavy atom. The second-order valence-electron chi connectivity index (χ2n) is 5.08. The van der Waals surface area contributed by atoms with Crippen molar-refractivity contribution in [3.05, 3.63) is 36.0 Å². The van der Waals surface area contributed by atoms with Gasteiger partial charge in [-0.3, -0.25) is 4.79 Å². The van der Waals surface area contributed by atoms with E-state index >= 15 is 0 Å². The van der Waals surface area contributed by atoms with Crippen molar-refractivity contribution in [1.29, 1.82) is 0 Å². The van der Waals surface area contributed by atoms with Crippen LogP contribution in [0.15, 0.2) is 28.8 Å². The van der Waals surface area contributed by atoms with Gasteiger partial charge in [-0.25, -0.2) is 0 Å². The quantitative estimate of drug-likeness (QED) is 0.919. The lowest BCUT2D eigenvalue weighted by Crippen LogP contribution is -2.36. The molecule has 116 valence electrons. The van der Waals surface area contributed by atoms with E-state index in [1.54, 1.807) is 6.92 Å². The number of aromatic nitrogens is 2. The summed E-state index contributed by atoms with van der Waals surface area (Å²) in [6.45, 7) is 4.75. The summed E-state index contributed by atoms with van der Waals surface area (Å²) in [5, 5.41) is 6.60. The molecule has 0 bridgehead atoms. The molecule has 1 N–H and O–H groups in total. The Morgan fingerprint density at radius 2 is 2.09 bits per heavy atom. The van der Waals surface area contributed by atoms with Crippen LogP contribution in [0, 0.1) is 6.92 Å². The van der Waals surface area contributed by atoms with Crippen LogP contribution < -0.4 is 10.2 Å². The maximum atomic E-state index is 12.1. The molecule has 1 aliphatic heterocycles. The van der Waals surface area contributed by atoms with E-state index in [1.165, 1.54) is 0 Å². The first-order valence-corrected chi connectivity index (χ1v) is 7.23. The normalized spacial score (nSPS) is 14.9. The van der Waals surface area contributed by atoms with Crippen molar-refractivity contribution in [2.45, 2.75) is 13.3 Å². The summed E-state index contributed by atoms with van der Waals surface area (Å²) >= 11 is 0. The van der Waals surface area contributed by atoms with Crippen molar-refractivity contribution in [3.63, 3.8) is 0 Å². The van der Waals surface area contributed by atoms with E-state index in [9.17, 15) is 4.79 Å². The third-order valence-corrected chi connectivity index (χ3v) is 3.41. The summed E-state index contributed by atoms with van der Waals surface area (Å²) in [5.41, 5.74) is 1.78. The SMILES string of the molecule is Cc1noc(CC(=O)Nc2ccccc2N2CCOCC2)n1. The van der Waals surface area contributed by atoms with Gasteiger partial charge >= 0.3 is 0 Å². The number of carbonyl (C=O) groups is 1. The van der Waals surface area contributed by atoms with Crippen molar-refractivity contribution in [3.8, 4) is 0 Å². The number of hydrogen-bond donors (Lipinski definition) is 1. The van der Waals surface area contributed by atoms with Gasteiger partial charge in [-0.2, -0.15) is 4.98 Å². The highest BCUT2D eigenvalue weighted by atomic mass is 16.5. The summed E-state index contributed by atoms with van der Waals surface area (Å²) in [5.74, 6) is 0.666. The van der Waals surface area contributed by atoms with Gasteiger partial charge in [0, 0.05) is 13.1 Å². The smallest absolute Gasteiger partial charge is 0.236 e. The third kappa shape index (κ3) is 3.43. The first-order chi connectivity index (χ1) is 10.7. The Bertz CT molecular complexity index is 650. The van der Waals surface area contributed by atoms with E-state index in [4.69, 9.17) is 9.26 Å². The minimum atomic E-state index is -0.177. The number of aryl methyl sites for hydroxylation is 1. The van der Waals surface area contributed by atoms with E-state index < -0.39 is 0 Å². The van der Waals surface area contributed by atoms with Crippen LogP contribution in [-0.2, 0) is 16.0 Å². The van der Waals surface area contributed by atoms with Gasteiger partial charge in [-0.05, 0) is 19.1 Å². The minimum absolute atomic E-state index is 0.0677. The van der Waals surface area contributed by atoms with Crippen LogP contribution in [0.25, 0.3) is 0 Å². The summed E-state index contributed by atoms with van der Waals surface area (Å²) < 4.78 is 10.3. The van der Waals surface area contributed by atoms with Gasteiger partial charge in [0.05, 0.1) is 24.6 Å². The minimum Gasteiger partial charge on any atom is -0.378 e. The number of nitrogens with zero attached hydrogens (tertiary/aromatic N) is 3. The summed E-state index contributed by atoms with van der Waals surface area (Å²) in [6, 6.07) is 7.75. The van der Waals surface area contributed by atoms with Gasteiger partial charge in [0.15, 0.2) is 5.82 Å². The van der Waals surface area contributed by atoms with Gasteiger partial charge in [0.1, 0.15) is 6.42 Å². The number of ether oxygens (including phenoxy) is 1. The van der Waals surface area contributed by atoms with Gasteiger partial charge in [0.25, 0.3) is 0 Å². The van der Waals surface area contributed by atoms with E-state index in [0.717, 1.165) is 24.5 Å². The monoisotopic (exact) mass is 302 g/mol. The highest BCUT2D eigenvalue weighted by Crippen LogP contribution is 2.26. The molecular formula is C15H18N4O3. The number of morpholine rings is 1. The molecule has 22 heavy (non-hydrogen) atoms. The Kier molecular flexibility index (Phi) is 4.34. The Morgan fingerprint density at radius 3 is 2.82 bits per heavy atom. The maximum Gasteiger partial charge on any atom is 0.236 e. The van der Waals surface area contributed by atoms with Crippen LogP contribution in [0.5, 0.6) is 0 Å². The Labute approximate surface area is 128 Å². The third-order valence-electron chi connectivity index (χ3n) is 3.41. The van der Waals surface area contributed by atoms with E-state index in [1.807, 2.05) is 24.3 Å². The molecule has 0 saturated carbocycles. The topological polar surface area (TPSA) is 80.5 Å². The first kappa shape index (κ1) is 14.5. The summed E-state index contributed by atoms with van der Waals surface area (Å²) in [4.78, 5) is 18.4. The fourth-order valence-electron chi connectivity index (χ4n) is 2.40. The molecule has 0 spiro atoms. The molecule has 7 nitrogen and oxygen atoms in total. The molecule has 2 heterocycles. The summed E-state index contributed by atoms with van der Waals surface area (Å²) in [6.07, 6.45) is 0.0677. The van der Waals surface area contributed by atoms with Crippen LogP contribution in [0.2, 0.25) is 0 Å². The van der Waals surface area contributed by atoms with Crippen LogP contribution in [0.4, 0.5) is 11.4 Å². The average Bonchev–Trinajstić information content (AvgIpc) is 2.93. The molecule has 1 aromatic heterocycles. The average molecular weight is 302 g/mol. The maximum absolute atomic E-state index is 12.1. The molecule has 0 unspecified atom stereocenters. The highest BCUT2D eigenvalue weighted by Gasteiger charge is 2.16. The molecule has 1 aliphatic rings. The van der Waals surface area contributed by atoms with E-state index in [0.29, 0.717) is 24.9 Å². The zero-order chi connectivity index (χ0) is 15.4. The second-order valence-corrected chi connectivity index (χ2v) is 5.08. The molecule has 7 heteroatoms. The van der Waals surface area contributed by atoms with Crippen molar-refractivity contribution < 1.29 is 14.1 Å². The fraction of sp³-hybridized carbons (Fsp3) is 0.400. The lowest BCUT2D eigenvalue weighted by Gasteiger charge is -2.30. The van der Waals surface area contributed by atoms with Gasteiger partial charge in [-0.1, -0.05) is 17.3 Å². The van der Waals surface area contributed by atoms with Crippen LogP contribution >= 0.6 is 0 Å². The number of benzene rings is 1. The largest absolute Gasteiger partial charge is 0.378 e. The molecular weight excluding hydrogens is 284 g/mol. The molecule has 3 rings (SSSR count). The van der Waals surface area contributed by atoms with E-state index in [2.05, 4.69) is 20.4 Å². The molecule has 0 aliphatic carbocycles. The second kappa shape index (κ2) is 6.57. The molecule has 1 saturated heterocycles. The number of nitrogens with one attached hydrogen (secondary N) is 1. The lowest BCUT2D eigenvalue weighted by molar-refractivity contribution is -0.115. The number of rotatable bonds is 4. The van der Waals surface area contributed by atoms with Crippen molar-refractivity contribution >= 4 is 17.3 Å². The number of amides is 1. The first-order valence-electron chi connectivity index (χ1n) is 7.23. The van der Waals surface area contributed by atoms with Gasteiger partial charge in [0.2, 0.25) is 11.8 Å². The molecule has 0 radical (unpaired) electrons. The Balaban J connectivity index is 1.70. The molecule has 1 amide bonds. The zero-order valence-corrected chi connectivity index (χ0v) is 12.4. The predicted octanol–water partition coefficient (Wildman–Crippen LogP) is 1.40. The number of hydrogen-bond acceptors (Lipinski definition) is 6. The van der Waals surface area contributed by atoms with Crippen LogP contribution in [0.1, 0.15) is 11.7 Å². The van der Waals surface area contributed by atoms with Gasteiger partial charge < -0.3 is 19.5 Å². The van der Waals surface area contributed by atoms with Gasteiger partial charge in [-0.15, -0.1) is 0 Å². The standard InChI is InChI=1S/C15H18N4O3/c1-11-16-15(22-18-11)10-14(20)17-12-4-2-3-5-13(12)19-6-8-21-9-7-19/h2-5H,6-10H2,1H3,(H,17,20). The zero-order valence-electron chi connectivity index (χ0n) is 12.4.